The SMILES string of the molecule is O=S(=O)(c1ccc(F)cc1)N1CCC(Nc2ncnc3ccc(C(c4ccc(Cl)cc4)c4ccc(Cl)cc4)cc23)CC1. The largest absolute Gasteiger partial charge is 0.367 e. The van der Waals surface area contributed by atoms with Gasteiger partial charge in [0, 0.05) is 40.5 Å². The van der Waals surface area contributed by atoms with E-state index in [1.165, 1.54) is 34.9 Å². The second-order valence-electron chi connectivity index (χ2n) is 10.3. The lowest BCUT2D eigenvalue weighted by atomic mass is 9.84. The van der Waals surface area contributed by atoms with Crippen molar-refractivity contribution in [2.75, 3.05) is 18.4 Å². The third-order valence-electron chi connectivity index (χ3n) is 7.65. The normalized spacial score (nSPS) is 14.9. The minimum atomic E-state index is -3.69. The molecule has 6 rings (SSSR count). The number of fused-ring (bicyclic) bond motifs is 1. The van der Waals surface area contributed by atoms with E-state index in [2.05, 4.69) is 27.4 Å². The highest BCUT2D eigenvalue weighted by molar-refractivity contribution is 7.89. The van der Waals surface area contributed by atoms with Crippen molar-refractivity contribution in [2.24, 2.45) is 0 Å². The van der Waals surface area contributed by atoms with Crippen LogP contribution in [0.3, 0.4) is 0 Å². The number of benzene rings is 4. The molecule has 0 amide bonds. The lowest BCUT2D eigenvalue weighted by molar-refractivity contribution is 0.329. The summed E-state index contributed by atoms with van der Waals surface area (Å²) < 4.78 is 40.9. The molecule has 6 nitrogen and oxygen atoms in total. The predicted molar refractivity (Wildman–Crippen MR) is 165 cm³/mol. The fourth-order valence-corrected chi connectivity index (χ4v) is 7.17. The summed E-state index contributed by atoms with van der Waals surface area (Å²) in [5, 5.41) is 5.77. The van der Waals surface area contributed by atoms with Crippen molar-refractivity contribution in [3.63, 3.8) is 0 Å². The van der Waals surface area contributed by atoms with Gasteiger partial charge >= 0.3 is 0 Å². The van der Waals surface area contributed by atoms with Gasteiger partial charge in [0.15, 0.2) is 0 Å². The summed E-state index contributed by atoms with van der Waals surface area (Å²) in [5.74, 6) is 0.161. The third kappa shape index (κ3) is 5.99. The van der Waals surface area contributed by atoms with Gasteiger partial charge in [-0.3, -0.25) is 0 Å². The van der Waals surface area contributed by atoms with Crippen molar-refractivity contribution in [3.05, 3.63) is 130 Å². The van der Waals surface area contributed by atoms with Gasteiger partial charge in [-0.1, -0.05) is 53.5 Å². The maximum Gasteiger partial charge on any atom is 0.243 e. The van der Waals surface area contributed by atoms with E-state index < -0.39 is 15.8 Å². The first-order valence-electron chi connectivity index (χ1n) is 13.6. The average Bonchev–Trinajstić information content (AvgIpc) is 3.00. The monoisotopic (exact) mass is 620 g/mol. The van der Waals surface area contributed by atoms with Gasteiger partial charge in [0.05, 0.1) is 10.4 Å². The highest BCUT2D eigenvalue weighted by atomic mass is 35.5. The fourth-order valence-electron chi connectivity index (χ4n) is 5.45. The van der Waals surface area contributed by atoms with Crippen LogP contribution in [0.15, 0.2) is 102 Å². The highest BCUT2D eigenvalue weighted by Gasteiger charge is 2.30. The van der Waals surface area contributed by atoms with Crippen molar-refractivity contribution in [1.82, 2.24) is 14.3 Å². The number of aromatic nitrogens is 2. The van der Waals surface area contributed by atoms with Crippen molar-refractivity contribution in [2.45, 2.75) is 29.7 Å². The van der Waals surface area contributed by atoms with Crippen LogP contribution in [0.2, 0.25) is 10.0 Å². The average molecular weight is 622 g/mol. The van der Waals surface area contributed by atoms with Gasteiger partial charge in [-0.25, -0.2) is 22.8 Å². The summed E-state index contributed by atoms with van der Waals surface area (Å²) in [6.07, 6.45) is 2.74. The van der Waals surface area contributed by atoms with Crippen LogP contribution in [-0.2, 0) is 10.0 Å². The first-order valence-corrected chi connectivity index (χ1v) is 15.8. The first kappa shape index (κ1) is 28.6. The maximum absolute atomic E-state index is 13.3. The third-order valence-corrected chi connectivity index (χ3v) is 10.1. The highest BCUT2D eigenvalue weighted by Crippen LogP contribution is 2.36. The molecule has 0 spiro atoms. The molecule has 0 aliphatic carbocycles. The van der Waals surface area contributed by atoms with E-state index in [0.717, 1.165) is 27.6 Å². The van der Waals surface area contributed by atoms with Crippen LogP contribution in [0.1, 0.15) is 35.4 Å². The Hall–Kier alpha value is -3.56. The molecule has 0 bridgehead atoms. The van der Waals surface area contributed by atoms with Crippen molar-refractivity contribution >= 4 is 49.9 Å². The number of rotatable bonds is 7. The number of anilines is 1. The number of sulfonamides is 1. The number of nitrogens with zero attached hydrogens (tertiary/aromatic N) is 3. The zero-order valence-corrected chi connectivity index (χ0v) is 24.7. The molecule has 0 atom stereocenters. The van der Waals surface area contributed by atoms with E-state index in [1.807, 2.05) is 54.6 Å². The van der Waals surface area contributed by atoms with Crippen LogP contribution < -0.4 is 5.32 Å². The predicted octanol–water partition coefficient (Wildman–Crippen LogP) is 7.52. The van der Waals surface area contributed by atoms with Crippen LogP contribution >= 0.6 is 23.2 Å². The summed E-state index contributed by atoms with van der Waals surface area (Å²) in [6, 6.07) is 26.8. The summed E-state index contributed by atoms with van der Waals surface area (Å²) >= 11 is 12.4. The molecule has 2 heterocycles. The standard InChI is InChI=1S/C32H27Cl2FN4O2S/c33-24-6-1-21(2-7-24)31(22-3-8-25(34)9-4-22)23-5-14-30-29(19-23)32(37-20-36-30)38-27-15-17-39(18-16-27)42(40,41)28-12-10-26(35)11-13-28/h1-14,19-20,27,31H,15-18H2,(H,36,37,38). The molecule has 1 aromatic heterocycles. The van der Waals surface area contributed by atoms with E-state index in [0.29, 0.717) is 41.8 Å². The van der Waals surface area contributed by atoms with Crippen LogP contribution in [0.4, 0.5) is 10.2 Å². The lowest BCUT2D eigenvalue weighted by Gasteiger charge is -2.32. The van der Waals surface area contributed by atoms with Gasteiger partial charge in [0.2, 0.25) is 10.0 Å². The minimum absolute atomic E-state index is 0.0229. The van der Waals surface area contributed by atoms with Crippen molar-refractivity contribution < 1.29 is 12.8 Å². The Morgan fingerprint density at radius 1 is 0.786 bits per heavy atom. The molecule has 1 N–H and O–H groups in total. The molecule has 1 aliphatic rings. The van der Waals surface area contributed by atoms with E-state index >= 15 is 0 Å². The molecule has 42 heavy (non-hydrogen) atoms. The quantitative estimate of drug-likeness (QED) is 0.190. The summed E-state index contributed by atoms with van der Waals surface area (Å²) in [5.41, 5.74) is 4.04. The molecule has 1 fully saturated rings. The number of piperidine rings is 1. The molecule has 0 radical (unpaired) electrons. The second kappa shape index (κ2) is 12.0. The molecule has 0 unspecified atom stereocenters. The van der Waals surface area contributed by atoms with E-state index in [1.54, 1.807) is 0 Å². The first-order chi connectivity index (χ1) is 20.3. The van der Waals surface area contributed by atoms with Gasteiger partial charge < -0.3 is 5.32 Å². The summed E-state index contributed by atoms with van der Waals surface area (Å²) in [7, 11) is -3.69. The van der Waals surface area contributed by atoms with Gasteiger partial charge in [0.25, 0.3) is 0 Å². The Morgan fingerprint density at radius 3 is 1.95 bits per heavy atom. The number of halogens is 3. The molecule has 214 valence electrons. The lowest BCUT2D eigenvalue weighted by Crippen LogP contribution is -2.42. The van der Waals surface area contributed by atoms with Gasteiger partial charge in [-0.05, 0) is 90.2 Å². The Kier molecular flexibility index (Phi) is 8.14. The minimum Gasteiger partial charge on any atom is -0.367 e. The van der Waals surface area contributed by atoms with Crippen LogP contribution in [0.5, 0.6) is 0 Å². The van der Waals surface area contributed by atoms with Gasteiger partial charge in [0.1, 0.15) is 18.0 Å². The maximum atomic E-state index is 13.3. The van der Waals surface area contributed by atoms with E-state index in [4.69, 9.17) is 23.2 Å². The molecular formula is C32H27Cl2FN4O2S. The fraction of sp³-hybridized carbons (Fsp3) is 0.188. The zero-order chi connectivity index (χ0) is 29.3. The zero-order valence-electron chi connectivity index (χ0n) is 22.4. The van der Waals surface area contributed by atoms with Crippen LogP contribution in [0, 0.1) is 5.82 Å². The van der Waals surface area contributed by atoms with Gasteiger partial charge in [-0.2, -0.15) is 4.31 Å². The molecule has 1 aliphatic heterocycles. The van der Waals surface area contributed by atoms with E-state index in [9.17, 15) is 12.8 Å². The van der Waals surface area contributed by atoms with Crippen molar-refractivity contribution in [3.8, 4) is 0 Å². The smallest absolute Gasteiger partial charge is 0.243 e. The summed E-state index contributed by atoms with van der Waals surface area (Å²) in [4.78, 5) is 9.15. The summed E-state index contributed by atoms with van der Waals surface area (Å²) in [6.45, 7) is 0.696. The molecule has 10 heteroatoms. The van der Waals surface area contributed by atoms with Crippen LogP contribution in [0.25, 0.3) is 10.9 Å². The molecule has 4 aromatic carbocycles. The molecule has 1 saturated heterocycles. The molecule has 0 saturated carbocycles. The van der Waals surface area contributed by atoms with Gasteiger partial charge in [-0.15, -0.1) is 0 Å². The second-order valence-corrected chi connectivity index (χ2v) is 13.1. The Bertz CT molecular complexity index is 1770. The van der Waals surface area contributed by atoms with Crippen LogP contribution in [-0.4, -0.2) is 41.8 Å². The number of hydrogen-bond donors (Lipinski definition) is 1. The Morgan fingerprint density at radius 2 is 1.36 bits per heavy atom. The molecular weight excluding hydrogens is 594 g/mol. The van der Waals surface area contributed by atoms with Crippen molar-refractivity contribution in [1.29, 1.82) is 0 Å². The number of hydrogen-bond acceptors (Lipinski definition) is 5. The topological polar surface area (TPSA) is 75.2 Å². The van der Waals surface area contributed by atoms with E-state index in [-0.39, 0.29) is 16.9 Å². The molecule has 5 aromatic rings. The number of nitrogens with one attached hydrogen (secondary N) is 1. The Balaban J connectivity index is 1.26. The Labute approximate surface area is 254 Å².